The van der Waals surface area contributed by atoms with Gasteiger partial charge >= 0.3 is 17.9 Å². The summed E-state index contributed by atoms with van der Waals surface area (Å²) in [5, 5.41) is 0. The van der Waals surface area contributed by atoms with Gasteiger partial charge in [-0.2, -0.15) is 0 Å². The maximum Gasteiger partial charge on any atom is 0.306 e. The fourth-order valence-corrected chi connectivity index (χ4v) is 8.59. The molecule has 0 aliphatic heterocycles. The fraction of sp³-hybridized carbons (Fsp3) is 0.592. The van der Waals surface area contributed by atoms with E-state index in [1.54, 1.807) is 0 Å². The van der Waals surface area contributed by atoms with Crippen LogP contribution in [0.25, 0.3) is 0 Å². The second-order valence-electron chi connectivity index (χ2n) is 21.3. The first-order valence-corrected chi connectivity index (χ1v) is 33.1. The Kier molecular flexibility index (Phi) is 63.9. The van der Waals surface area contributed by atoms with Crippen molar-refractivity contribution in [2.75, 3.05) is 13.2 Å². The number of hydrogen-bond donors (Lipinski definition) is 0. The molecule has 82 heavy (non-hydrogen) atoms. The van der Waals surface area contributed by atoms with Gasteiger partial charge < -0.3 is 14.2 Å². The van der Waals surface area contributed by atoms with Crippen molar-refractivity contribution >= 4 is 17.9 Å². The third-order valence-electron chi connectivity index (χ3n) is 13.5. The van der Waals surface area contributed by atoms with Crippen molar-refractivity contribution in [3.8, 4) is 0 Å². The van der Waals surface area contributed by atoms with Crippen molar-refractivity contribution < 1.29 is 28.6 Å². The van der Waals surface area contributed by atoms with Crippen LogP contribution in [-0.4, -0.2) is 37.2 Å². The lowest BCUT2D eigenvalue weighted by Crippen LogP contribution is -2.30. The molecular weight excluding hydrogens is 1010 g/mol. The van der Waals surface area contributed by atoms with Gasteiger partial charge in [0.15, 0.2) is 6.10 Å². The highest BCUT2D eigenvalue weighted by molar-refractivity contribution is 5.71. The smallest absolute Gasteiger partial charge is 0.306 e. The Balaban J connectivity index is 4.44. The maximum absolute atomic E-state index is 12.9. The molecule has 1 atom stereocenters. The Morgan fingerprint density at radius 3 is 0.780 bits per heavy atom. The van der Waals surface area contributed by atoms with Gasteiger partial charge in [-0.25, -0.2) is 0 Å². The highest BCUT2D eigenvalue weighted by Crippen LogP contribution is 2.15. The first kappa shape index (κ1) is 76.8. The summed E-state index contributed by atoms with van der Waals surface area (Å²) < 4.78 is 16.9. The van der Waals surface area contributed by atoms with Crippen molar-refractivity contribution in [2.24, 2.45) is 0 Å². The number of ether oxygens (including phenoxy) is 3. The summed E-state index contributed by atoms with van der Waals surface area (Å²) in [5.74, 6) is -0.984. The molecule has 0 aromatic heterocycles. The zero-order valence-electron chi connectivity index (χ0n) is 52.7. The number of rotatable bonds is 58. The van der Waals surface area contributed by atoms with E-state index in [0.717, 1.165) is 141 Å². The number of carbonyl (C=O) groups is 3. The quantitative estimate of drug-likeness (QED) is 0.0261. The van der Waals surface area contributed by atoms with Gasteiger partial charge in [0, 0.05) is 19.3 Å². The molecule has 6 heteroatoms. The van der Waals surface area contributed by atoms with Gasteiger partial charge in [-0.3, -0.25) is 14.4 Å². The molecule has 0 aromatic carbocycles. The predicted octanol–water partition coefficient (Wildman–Crippen LogP) is 23.0. The van der Waals surface area contributed by atoms with Crippen molar-refractivity contribution in [1.82, 2.24) is 0 Å². The molecule has 0 saturated heterocycles. The molecule has 0 rings (SSSR count). The number of allylic oxidation sites excluding steroid dienone is 28. The summed E-state index contributed by atoms with van der Waals surface area (Å²) >= 11 is 0. The van der Waals surface area contributed by atoms with Crippen LogP contribution in [0, 0.1) is 0 Å². The highest BCUT2D eigenvalue weighted by Gasteiger charge is 2.19. The van der Waals surface area contributed by atoms with Gasteiger partial charge in [-0.15, -0.1) is 0 Å². The number of unbranched alkanes of at least 4 members (excludes halogenated alkanes) is 19. The van der Waals surface area contributed by atoms with Crippen LogP contribution in [0.5, 0.6) is 0 Å². The number of esters is 3. The van der Waals surface area contributed by atoms with Crippen molar-refractivity contribution in [3.63, 3.8) is 0 Å². The van der Waals surface area contributed by atoms with Gasteiger partial charge in [-0.05, 0) is 128 Å². The van der Waals surface area contributed by atoms with E-state index in [4.69, 9.17) is 14.2 Å². The molecule has 0 saturated carbocycles. The van der Waals surface area contributed by atoms with Crippen LogP contribution in [0.1, 0.15) is 271 Å². The lowest BCUT2D eigenvalue weighted by molar-refractivity contribution is -0.167. The zero-order chi connectivity index (χ0) is 59.2. The topological polar surface area (TPSA) is 78.9 Å². The SMILES string of the molecule is CC/C=C\C/C=C\C/C=C\C/C=C\C/C=C\C/C=C\C/C=C\CCCCCCCCCC(=O)OCC(COC(=O)CCCCCCCCCCCCCC)OC(=O)CCC/C=C\C/C=C\C/C=C\C/C=C\C/C=C\C/C=C\C/C=C\CC. The monoisotopic (exact) mass is 1130 g/mol. The van der Waals surface area contributed by atoms with Crippen LogP contribution in [0.2, 0.25) is 0 Å². The van der Waals surface area contributed by atoms with Gasteiger partial charge in [0.25, 0.3) is 0 Å². The normalized spacial score (nSPS) is 13.3. The summed E-state index contributed by atoms with van der Waals surface area (Å²) in [6.07, 6.45) is 101. The average Bonchev–Trinajstić information content (AvgIpc) is 3.47. The molecule has 0 aliphatic carbocycles. The largest absolute Gasteiger partial charge is 0.462 e. The molecule has 0 radical (unpaired) electrons. The standard InChI is InChI=1S/C76H120O6/c1-4-7-10-13-16-19-22-25-27-29-31-33-35-36-37-38-39-40-42-43-45-47-49-51-54-57-60-63-66-69-75(78)81-72-73(71-80-74(77)68-65-62-59-56-53-24-21-18-15-12-9-6-3)82-76(79)70-67-64-61-58-55-52-50-48-46-44-41-34-32-30-28-26-23-20-17-14-11-8-5-2/h7-8,10-11,16-17,19-20,25-28,31-34,36-37,39-40,43-46,50,52,58,61,73H,4-6,9,12-15,18,21-24,29-30,35,38,41-42,47-49,51,53-57,59-60,62-72H2,1-3H3/b10-7-,11-8-,19-16-,20-17-,27-25-,28-26-,33-31-,34-32-,37-36-,40-39-,45-43-,46-44-,52-50-,61-58-. The third-order valence-corrected chi connectivity index (χ3v) is 13.5. The van der Waals surface area contributed by atoms with E-state index >= 15 is 0 Å². The van der Waals surface area contributed by atoms with E-state index in [-0.39, 0.29) is 37.5 Å². The Hall–Kier alpha value is -5.23. The number of hydrogen-bond acceptors (Lipinski definition) is 6. The van der Waals surface area contributed by atoms with Crippen molar-refractivity contribution in [3.05, 3.63) is 170 Å². The molecule has 460 valence electrons. The van der Waals surface area contributed by atoms with E-state index in [0.29, 0.717) is 19.3 Å². The van der Waals surface area contributed by atoms with Crippen LogP contribution in [-0.2, 0) is 28.6 Å². The van der Waals surface area contributed by atoms with Crippen LogP contribution in [0.3, 0.4) is 0 Å². The Morgan fingerprint density at radius 2 is 0.488 bits per heavy atom. The lowest BCUT2D eigenvalue weighted by atomic mass is 10.0. The summed E-state index contributed by atoms with van der Waals surface area (Å²) in [4.78, 5) is 38.3. The summed E-state index contributed by atoms with van der Waals surface area (Å²) in [6, 6.07) is 0. The molecule has 0 N–H and O–H groups in total. The first-order valence-electron chi connectivity index (χ1n) is 33.1. The molecule has 1 unspecified atom stereocenters. The van der Waals surface area contributed by atoms with Gasteiger partial charge in [0.05, 0.1) is 0 Å². The van der Waals surface area contributed by atoms with Crippen LogP contribution in [0.4, 0.5) is 0 Å². The molecule has 6 nitrogen and oxygen atoms in total. The predicted molar refractivity (Wildman–Crippen MR) is 357 cm³/mol. The Morgan fingerprint density at radius 1 is 0.256 bits per heavy atom. The minimum absolute atomic E-state index is 0.110. The van der Waals surface area contributed by atoms with E-state index in [1.807, 2.05) is 0 Å². The Labute approximate surface area is 504 Å². The molecular formula is C76H120O6. The fourth-order valence-electron chi connectivity index (χ4n) is 8.59. The van der Waals surface area contributed by atoms with Crippen LogP contribution >= 0.6 is 0 Å². The lowest BCUT2D eigenvalue weighted by Gasteiger charge is -2.18. The number of carbonyl (C=O) groups excluding carboxylic acids is 3. The molecule has 0 amide bonds. The Bertz CT molecular complexity index is 1870. The van der Waals surface area contributed by atoms with E-state index in [9.17, 15) is 14.4 Å². The van der Waals surface area contributed by atoms with Crippen molar-refractivity contribution in [2.45, 2.75) is 277 Å². The van der Waals surface area contributed by atoms with E-state index in [1.165, 1.54) is 83.5 Å². The molecule has 0 aromatic rings. The third kappa shape index (κ3) is 65.6. The average molecular weight is 1130 g/mol. The summed E-state index contributed by atoms with van der Waals surface area (Å²) in [6.45, 7) is 6.35. The molecule has 0 bridgehead atoms. The van der Waals surface area contributed by atoms with Crippen LogP contribution < -0.4 is 0 Å². The van der Waals surface area contributed by atoms with Gasteiger partial charge in [0.2, 0.25) is 0 Å². The van der Waals surface area contributed by atoms with Crippen molar-refractivity contribution in [1.29, 1.82) is 0 Å². The molecule has 0 fully saturated rings. The van der Waals surface area contributed by atoms with E-state index < -0.39 is 6.10 Å². The maximum atomic E-state index is 12.9. The molecule has 0 heterocycles. The van der Waals surface area contributed by atoms with Gasteiger partial charge in [-0.1, -0.05) is 294 Å². The summed E-state index contributed by atoms with van der Waals surface area (Å²) in [7, 11) is 0. The summed E-state index contributed by atoms with van der Waals surface area (Å²) in [5.41, 5.74) is 0. The minimum Gasteiger partial charge on any atom is -0.462 e. The molecule has 0 aliphatic rings. The first-order chi connectivity index (χ1) is 40.5. The second kappa shape index (κ2) is 68.3. The minimum atomic E-state index is -0.822. The zero-order valence-corrected chi connectivity index (χ0v) is 52.7. The van der Waals surface area contributed by atoms with E-state index in [2.05, 4.69) is 191 Å². The highest BCUT2D eigenvalue weighted by atomic mass is 16.6. The van der Waals surface area contributed by atoms with Gasteiger partial charge in [0.1, 0.15) is 13.2 Å². The molecule has 0 spiro atoms. The van der Waals surface area contributed by atoms with Crippen LogP contribution in [0.15, 0.2) is 170 Å². The second-order valence-corrected chi connectivity index (χ2v) is 21.3.